The summed E-state index contributed by atoms with van der Waals surface area (Å²) in [6.07, 6.45) is 1.73. The summed E-state index contributed by atoms with van der Waals surface area (Å²) in [6, 6.07) is 5.48. The van der Waals surface area contributed by atoms with Crippen LogP contribution in [0.15, 0.2) is 33.6 Å². The van der Waals surface area contributed by atoms with Crippen LogP contribution in [0.4, 0.5) is 0 Å². The molecular weight excluding hydrogens is 394 g/mol. The minimum absolute atomic E-state index is 0.0430. The molecule has 1 aromatic carbocycles. The van der Waals surface area contributed by atoms with E-state index in [9.17, 15) is 13.2 Å². The molecule has 1 saturated heterocycles. The van der Waals surface area contributed by atoms with Gasteiger partial charge in [0.25, 0.3) is 0 Å². The summed E-state index contributed by atoms with van der Waals surface area (Å²) < 4.78 is 28.5. The lowest BCUT2D eigenvalue weighted by Crippen LogP contribution is -2.55. The predicted molar refractivity (Wildman–Crippen MR) is 96.9 cm³/mol. The quantitative estimate of drug-likeness (QED) is 0.762. The number of piperidine rings is 1. The number of nitrogens with two attached hydrogens (primary N) is 1. The molecule has 6 nitrogen and oxygen atoms in total. The number of amides is 1. The first-order valence-electron chi connectivity index (χ1n) is 8.03. The monoisotopic (exact) mass is 417 g/mol. The van der Waals surface area contributed by atoms with Crippen LogP contribution in [-0.4, -0.2) is 44.4 Å². The van der Waals surface area contributed by atoms with Crippen LogP contribution in [0.3, 0.4) is 0 Å². The van der Waals surface area contributed by atoms with E-state index in [2.05, 4.69) is 20.7 Å². The van der Waals surface area contributed by atoms with Crippen molar-refractivity contribution in [2.45, 2.75) is 43.7 Å². The van der Waals surface area contributed by atoms with Crippen LogP contribution in [-0.2, 0) is 14.8 Å². The normalized spacial score (nSPS) is 20.2. The Morgan fingerprint density at radius 2 is 1.96 bits per heavy atom. The van der Waals surface area contributed by atoms with Gasteiger partial charge >= 0.3 is 0 Å². The Bertz CT molecular complexity index is 676. The number of nitrogens with zero attached hydrogens (tertiary/aromatic N) is 1. The van der Waals surface area contributed by atoms with Crippen LogP contribution < -0.4 is 10.5 Å². The molecule has 8 heteroatoms. The summed E-state index contributed by atoms with van der Waals surface area (Å²) >= 11 is 3.28. The fraction of sp³-hybridized carbons (Fsp3) is 0.562. The van der Waals surface area contributed by atoms with E-state index in [-0.39, 0.29) is 22.8 Å². The second-order valence-corrected chi connectivity index (χ2v) is 9.11. The molecule has 0 aromatic heterocycles. The summed E-state index contributed by atoms with van der Waals surface area (Å²) in [5.74, 6) is -0.373. The van der Waals surface area contributed by atoms with Crippen LogP contribution in [0, 0.1) is 5.92 Å². The first kappa shape index (κ1) is 19.4. The summed E-state index contributed by atoms with van der Waals surface area (Å²) in [5, 5.41) is 0. The third-order valence-corrected chi connectivity index (χ3v) is 6.09. The Balaban J connectivity index is 2.18. The molecule has 1 aliphatic heterocycles. The number of benzene rings is 1. The number of nitrogens with one attached hydrogen (secondary N) is 1. The van der Waals surface area contributed by atoms with Gasteiger partial charge in [0, 0.05) is 23.6 Å². The van der Waals surface area contributed by atoms with Crippen molar-refractivity contribution in [2.24, 2.45) is 11.7 Å². The van der Waals surface area contributed by atoms with Crippen molar-refractivity contribution in [1.29, 1.82) is 0 Å². The van der Waals surface area contributed by atoms with E-state index in [1.165, 1.54) is 12.1 Å². The Hall–Kier alpha value is -0.960. The minimum atomic E-state index is -3.77. The lowest BCUT2D eigenvalue weighted by molar-refractivity contribution is -0.135. The Morgan fingerprint density at radius 1 is 1.33 bits per heavy atom. The third-order valence-electron chi connectivity index (χ3n) is 4.11. The van der Waals surface area contributed by atoms with E-state index in [0.717, 1.165) is 17.3 Å². The zero-order chi connectivity index (χ0) is 17.9. The van der Waals surface area contributed by atoms with Crippen LogP contribution in [0.2, 0.25) is 0 Å². The number of sulfonamides is 1. The fourth-order valence-corrected chi connectivity index (χ4v) is 4.33. The number of carbonyl (C=O) groups is 1. The highest BCUT2D eigenvalue weighted by molar-refractivity contribution is 9.10. The molecule has 0 spiro atoms. The van der Waals surface area contributed by atoms with Crippen LogP contribution in [0.5, 0.6) is 0 Å². The van der Waals surface area contributed by atoms with Crippen molar-refractivity contribution in [1.82, 2.24) is 9.62 Å². The molecule has 1 aromatic rings. The zero-order valence-corrected chi connectivity index (χ0v) is 16.3. The SMILES string of the molecule is CC(C)C(NS(=O)(=O)c1ccc(Br)cc1)C(=O)N1CCCC(N)C1. The van der Waals surface area contributed by atoms with Crippen molar-refractivity contribution in [2.75, 3.05) is 13.1 Å². The molecule has 1 fully saturated rings. The van der Waals surface area contributed by atoms with E-state index < -0.39 is 16.1 Å². The summed E-state index contributed by atoms with van der Waals surface area (Å²) in [6.45, 7) is 4.75. The second kappa shape index (κ2) is 7.95. The number of hydrogen-bond acceptors (Lipinski definition) is 4. The van der Waals surface area contributed by atoms with Gasteiger partial charge in [-0.15, -0.1) is 0 Å². The molecule has 0 aliphatic carbocycles. The molecular formula is C16H24BrN3O3S. The smallest absolute Gasteiger partial charge is 0.241 e. The number of rotatable bonds is 5. The average Bonchev–Trinajstić information content (AvgIpc) is 2.52. The maximum atomic E-state index is 12.8. The Morgan fingerprint density at radius 3 is 2.50 bits per heavy atom. The highest BCUT2D eigenvalue weighted by Gasteiger charge is 2.33. The number of halogens is 1. The molecule has 1 amide bonds. The minimum Gasteiger partial charge on any atom is -0.340 e. The first-order chi connectivity index (χ1) is 11.2. The Kier molecular flexibility index (Phi) is 6.41. The molecule has 0 bridgehead atoms. The van der Waals surface area contributed by atoms with E-state index in [4.69, 9.17) is 5.73 Å². The van der Waals surface area contributed by atoms with E-state index in [1.54, 1.807) is 17.0 Å². The largest absolute Gasteiger partial charge is 0.340 e. The molecule has 2 rings (SSSR count). The lowest BCUT2D eigenvalue weighted by atomic mass is 10.0. The molecule has 0 radical (unpaired) electrons. The second-order valence-electron chi connectivity index (χ2n) is 6.48. The van der Waals surface area contributed by atoms with Gasteiger partial charge in [-0.05, 0) is 43.0 Å². The first-order valence-corrected chi connectivity index (χ1v) is 10.3. The topological polar surface area (TPSA) is 92.5 Å². The van der Waals surface area contributed by atoms with Crippen LogP contribution in [0.25, 0.3) is 0 Å². The van der Waals surface area contributed by atoms with Gasteiger partial charge in [-0.3, -0.25) is 4.79 Å². The van der Waals surface area contributed by atoms with Crippen molar-refractivity contribution in [3.63, 3.8) is 0 Å². The van der Waals surface area contributed by atoms with Gasteiger partial charge in [0.2, 0.25) is 15.9 Å². The molecule has 3 N–H and O–H groups in total. The molecule has 1 aliphatic rings. The van der Waals surface area contributed by atoms with Crippen LogP contribution >= 0.6 is 15.9 Å². The maximum absolute atomic E-state index is 12.8. The van der Waals surface area contributed by atoms with Crippen molar-refractivity contribution < 1.29 is 13.2 Å². The molecule has 1 heterocycles. The molecule has 134 valence electrons. The lowest BCUT2D eigenvalue weighted by Gasteiger charge is -2.34. The summed E-state index contributed by atoms with van der Waals surface area (Å²) in [5.41, 5.74) is 5.93. The molecule has 2 unspecified atom stereocenters. The van der Waals surface area contributed by atoms with Gasteiger partial charge in [0.1, 0.15) is 6.04 Å². The molecule has 0 saturated carbocycles. The van der Waals surface area contributed by atoms with Crippen LogP contribution in [0.1, 0.15) is 26.7 Å². The van der Waals surface area contributed by atoms with E-state index >= 15 is 0 Å². The fourth-order valence-electron chi connectivity index (χ4n) is 2.73. The predicted octanol–water partition coefficient (Wildman–Crippen LogP) is 1.70. The highest BCUT2D eigenvalue weighted by atomic mass is 79.9. The Labute approximate surface area is 152 Å². The van der Waals surface area contributed by atoms with Gasteiger partial charge in [-0.25, -0.2) is 8.42 Å². The summed E-state index contributed by atoms with van der Waals surface area (Å²) in [7, 11) is -3.77. The summed E-state index contributed by atoms with van der Waals surface area (Å²) in [4.78, 5) is 14.6. The van der Waals surface area contributed by atoms with E-state index in [1.807, 2.05) is 13.8 Å². The van der Waals surface area contributed by atoms with Crippen molar-refractivity contribution in [3.8, 4) is 0 Å². The van der Waals surface area contributed by atoms with Gasteiger partial charge in [0.15, 0.2) is 0 Å². The maximum Gasteiger partial charge on any atom is 0.241 e. The molecule has 24 heavy (non-hydrogen) atoms. The van der Waals surface area contributed by atoms with Gasteiger partial charge in [0.05, 0.1) is 4.90 Å². The zero-order valence-electron chi connectivity index (χ0n) is 13.9. The standard InChI is InChI=1S/C16H24BrN3O3S/c1-11(2)15(16(21)20-9-3-4-13(18)10-20)19-24(22,23)14-7-5-12(17)6-8-14/h5-8,11,13,15,19H,3-4,9-10,18H2,1-2H3. The van der Waals surface area contributed by atoms with Crippen molar-refractivity contribution >= 4 is 31.9 Å². The number of likely N-dealkylation sites (tertiary alicyclic amines) is 1. The average molecular weight is 418 g/mol. The number of carbonyl (C=O) groups excluding carboxylic acids is 1. The van der Waals surface area contributed by atoms with Gasteiger partial charge < -0.3 is 10.6 Å². The molecule has 2 atom stereocenters. The van der Waals surface area contributed by atoms with Gasteiger partial charge in [-0.1, -0.05) is 29.8 Å². The number of hydrogen-bond donors (Lipinski definition) is 2. The van der Waals surface area contributed by atoms with Gasteiger partial charge in [-0.2, -0.15) is 4.72 Å². The van der Waals surface area contributed by atoms with Crippen molar-refractivity contribution in [3.05, 3.63) is 28.7 Å². The third kappa shape index (κ3) is 4.78. The van der Waals surface area contributed by atoms with E-state index in [0.29, 0.717) is 13.1 Å². The highest BCUT2D eigenvalue weighted by Crippen LogP contribution is 2.18.